The molecular formula is C23H33N4O2+. The molecule has 156 valence electrons. The average Bonchev–Trinajstić information content (AvgIpc) is 3.12. The predicted molar refractivity (Wildman–Crippen MR) is 115 cm³/mol. The van der Waals surface area contributed by atoms with Crippen molar-refractivity contribution in [3.8, 4) is 0 Å². The number of rotatable bonds is 12. The van der Waals surface area contributed by atoms with Gasteiger partial charge in [-0.3, -0.25) is 19.6 Å². The van der Waals surface area contributed by atoms with Crippen molar-refractivity contribution in [3.63, 3.8) is 0 Å². The first kappa shape index (κ1) is 21.3. The minimum absolute atomic E-state index is 0.0964. The van der Waals surface area contributed by atoms with Gasteiger partial charge in [0.25, 0.3) is 5.91 Å². The van der Waals surface area contributed by atoms with Gasteiger partial charge in [0.1, 0.15) is 12.4 Å². The molecule has 2 N–H and O–H groups in total. The summed E-state index contributed by atoms with van der Waals surface area (Å²) in [5, 5.41) is 3.02. The third kappa shape index (κ3) is 6.27. The number of nitrogens with zero attached hydrogens (tertiary/aromatic N) is 2. The zero-order chi connectivity index (χ0) is 20.3. The van der Waals surface area contributed by atoms with Gasteiger partial charge in [0.05, 0.1) is 5.56 Å². The van der Waals surface area contributed by atoms with Gasteiger partial charge in [-0.1, -0.05) is 51.2 Å². The molecule has 2 heterocycles. The van der Waals surface area contributed by atoms with E-state index < -0.39 is 0 Å². The second kappa shape index (κ2) is 11.5. The number of unbranched alkanes of at least 4 members (excludes halogenated alkanes) is 5. The Morgan fingerprint density at radius 3 is 2.79 bits per heavy atom. The van der Waals surface area contributed by atoms with E-state index >= 15 is 0 Å². The number of carbonyl (C=O) groups is 1. The molecule has 1 unspecified atom stereocenters. The summed E-state index contributed by atoms with van der Waals surface area (Å²) in [6, 6.07) is 11.9. The summed E-state index contributed by atoms with van der Waals surface area (Å²) in [7, 11) is 0. The minimum atomic E-state index is -0.0964. The van der Waals surface area contributed by atoms with Crippen LogP contribution in [0, 0.1) is 0 Å². The maximum Gasteiger partial charge on any atom is 0.257 e. The van der Waals surface area contributed by atoms with E-state index in [1.165, 1.54) is 48.4 Å². The number of aromatic nitrogens is 1. The van der Waals surface area contributed by atoms with E-state index in [0.717, 1.165) is 19.7 Å². The topological polar surface area (TPSA) is 58.9 Å². The van der Waals surface area contributed by atoms with Gasteiger partial charge >= 0.3 is 0 Å². The number of quaternary nitrogens is 1. The predicted octanol–water partition coefficient (Wildman–Crippen LogP) is 3.10. The Hall–Kier alpha value is -2.44. The van der Waals surface area contributed by atoms with Gasteiger partial charge in [0.2, 0.25) is 0 Å². The van der Waals surface area contributed by atoms with E-state index in [-0.39, 0.29) is 5.91 Å². The van der Waals surface area contributed by atoms with E-state index in [4.69, 9.17) is 4.74 Å². The Balaban J connectivity index is 1.45. The highest BCUT2D eigenvalue weighted by molar-refractivity contribution is 5.93. The van der Waals surface area contributed by atoms with Crippen LogP contribution >= 0.6 is 0 Å². The number of fused-ring (bicyclic) bond motifs is 1. The van der Waals surface area contributed by atoms with Crippen LogP contribution < -0.4 is 15.1 Å². The molecule has 6 nitrogen and oxygen atoms in total. The number of amides is 1. The highest BCUT2D eigenvalue weighted by atomic mass is 16.5. The summed E-state index contributed by atoms with van der Waals surface area (Å²) < 4.78 is 5.94. The van der Waals surface area contributed by atoms with Gasteiger partial charge in [-0.25, -0.2) is 0 Å². The zero-order valence-corrected chi connectivity index (χ0v) is 17.4. The average molecular weight is 398 g/mol. The smallest absolute Gasteiger partial charge is 0.257 e. The zero-order valence-electron chi connectivity index (χ0n) is 17.4. The third-order valence-corrected chi connectivity index (χ3v) is 5.28. The second-order valence-electron chi connectivity index (χ2n) is 7.55. The molecule has 6 heteroatoms. The van der Waals surface area contributed by atoms with Crippen LogP contribution in [-0.2, 0) is 4.74 Å². The SMILES string of the molecule is CCCCCCCCOCN1C[NH+](CNC(=O)c2cccnc2)c2ccccc21. The first-order chi connectivity index (χ1) is 14.3. The molecule has 1 amide bonds. The molecule has 1 aromatic carbocycles. The Morgan fingerprint density at radius 1 is 1.14 bits per heavy atom. The number of anilines is 1. The lowest BCUT2D eigenvalue weighted by Gasteiger charge is -2.18. The summed E-state index contributed by atoms with van der Waals surface area (Å²) in [6.45, 7) is 4.94. The largest absolute Gasteiger partial charge is 0.361 e. The van der Waals surface area contributed by atoms with E-state index in [1.807, 2.05) is 6.07 Å². The van der Waals surface area contributed by atoms with E-state index in [0.29, 0.717) is 19.0 Å². The van der Waals surface area contributed by atoms with Gasteiger partial charge in [0.15, 0.2) is 19.0 Å². The molecular weight excluding hydrogens is 364 g/mol. The van der Waals surface area contributed by atoms with Crippen molar-refractivity contribution in [2.24, 2.45) is 0 Å². The van der Waals surface area contributed by atoms with Crippen molar-refractivity contribution >= 4 is 17.3 Å². The number of benzene rings is 1. The fraction of sp³-hybridized carbons (Fsp3) is 0.478. The summed E-state index contributed by atoms with van der Waals surface area (Å²) in [4.78, 5) is 19.8. The molecule has 1 aliphatic heterocycles. The Labute approximate surface area is 173 Å². The quantitative estimate of drug-likeness (QED) is 0.541. The van der Waals surface area contributed by atoms with Crippen LogP contribution in [0.2, 0.25) is 0 Å². The fourth-order valence-corrected chi connectivity index (χ4v) is 3.66. The highest BCUT2D eigenvalue weighted by Gasteiger charge is 2.30. The normalized spacial score (nSPS) is 15.3. The Bertz CT molecular complexity index is 754. The molecule has 0 fully saturated rings. The maximum atomic E-state index is 12.3. The highest BCUT2D eigenvalue weighted by Crippen LogP contribution is 2.25. The lowest BCUT2D eigenvalue weighted by molar-refractivity contribution is -0.828. The van der Waals surface area contributed by atoms with E-state index in [2.05, 4.69) is 40.3 Å². The Morgan fingerprint density at radius 2 is 1.97 bits per heavy atom. The van der Waals surface area contributed by atoms with Gasteiger partial charge in [-0.15, -0.1) is 0 Å². The van der Waals surface area contributed by atoms with Gasteiger partial charge in [-0.05, 0) is 24.6 Å². The molecule has 2 aromatic rings. The van der Waals surface area contributed by atoms with Crippen molar-refractivity contribution in [1.29, 1.82) is 0 Å². The van der Waals surface area contributed by atoms with Crippen LogP contribution in [-0.4, -0.2) is 37.6 Å². The van der Waals surface area contributed by atoms with Gasteiger partial charge in [0, 0.05) is 25.1 Å². The number of hydrogen-bond donors (Lipinski definition) is 2. The lowest BCUT2D eigenvalue weighted by atomic mass is 10.1. The summed E-state index contributed by atoms with van der Waals surface area (Å²) in [6.07, 6.45) is 10.9. The van der Waals surface area contributed by atoms with Crippen molar-refractivity contribution in [3.05, 3.63) is 54.4 Å². The van der Waals surface area contributed by atoms with Crippen LogP contribution in [0.3, 0.4) is 0 Å². The first-order valence-corrected chi connectivity index (χ1v) is 10.7. The van der Waals surface area contributed by atoms with Gasteiger partial charge in [-0.2, -0.15) is 0 Å². The summed E-state index contributed by atoms with van der Waals surface area (Å²) in [5.74, 6) is -0.0964. The van der Waals surface area contributed by atoms with Crippen molar-refractivity contribution < 1.29 is 14.4 Å². The number of para-hydroxylation sites is 2. The molecule has 0 saturated heterocycles. The molecule has 3 rings (SSSR count). The van der Waals surface area contributed by atoms with Crippen LogP contribution in [0.4, 0.5) is 11.4 Å². The van der Waals surface area contributed by atoms with Gasteiger partial charge < -0.3 is 10.1 Å². The second-order valence-corrected chi connectivity index (χ2v) is 7.55. The molecule has 0 bridgehead atoms. The molecule has 0 radical (unpaired) electrons. The number of nitrogens with one attached hydrogen (secondary N) is 2. The fourth-order valence-electron chi connectivity index (χ4n) is 3.66. The van der Waals surface area contributed by atoms with Crippen molar-refractivity contribution in [2.75, 3.05) is 31.6 Å². The summed E-state index contributed by atoms with van der Waals surface area (Å²) >= 11 is 0. The standard InChI is InChI=1S/C23H32N4O2/c1-2-3-4-5-6-9-15-29-19-27-18-26(21-12-7-8-13-22(21)27)17-25-23(28)20-11-10-14-24-16-20/h7-8,10-14,16H,2-6,9,15,17-19H2,1H3,(H,25,28)/p+1. The molecule has 0 spiro atoms. The molecule has 1 aliphatic rings. The van der Waals surface area contributed by atoms with Crippen molar-refractivity contribution in [1.82, 2.24) is 10.3 Å². The molecule has 1 atom stereocenters. The van der Waals surface area contributed by atoms with Crippen LogP contribution in [0.15, 0.2) is 48.8 Å². The molecule has 29 heavy (non-hydrogen) atoms. The van der Waals surface area contributed by atoms with Crippen LogP contribution in [0.25, 0.3) is 0 Å². The first-order valence-electron chi connectivity index (χ1n) is 10.7. The number of ether oxygens (including phenoxy) is 1. The molecule has 0 aliphatic carbocycles. The third-order valence-electron chi connectivity index (χ3n) is 5.28. The van der Waals surface area contributed by atoms with Crippen molar-refractivity contribution in [2.45, 2.75) is 45.4 Å². The number of carbonyl (C=O) groups excluding carboxylic acids is 1. The van der Waals surface area contributed by atoms with E-state index in [9.17, 15) is 4.79 Å². The summed E-state index contributed by atoms with van der Waals surface area (Å²) in [5.41, 5.74) is 2.96. The monoisotopic (exact) mass is 397 g/mol. The minimum Gasteiger partial charge on any atom is -0.361 e. The van der Waals surface area contributed by atoms with Crippen LogP contribution in [0.5, 0.6) is 0 Å². The lowest BCUT2D eigenvalue weighted by Crippen LogP contribution is -3.08. The number of pyridine rings is 1. The maximum absolute atomic E-state index is 12.3. The van der Waals surface area contributed by atoms with E-state index in [1.54, 1.807) is 24.5 Å². The Kier molecular flexibility index (Phi) is 8.46. The molecule has 1 aromatic heterocycles. The number of hydrogen-bond acceptors (Lipinski definition) is 4. The molecule has 0 saturated carbocycles. The van der Waals surface area contributed by atoms with Crippen LogP contribution in [0.1, 0.15) is 55.8 Å².